The Hall–Kier alpha value is -10.5. The zero-order chi connectivity index (χ0) is 51.0. The first-order valence-electron chi connectivity index (χ1n) is 26.6. The summed E-state index contributed by atoms with van der Waals surface area (Å²) >= 11 is 0. The Morgan fingerprint density at radius 3 is 1.27 bits per heavy atom. The molecule has 3 heterocycles. The van der Waals surface area contributed by atoms with Crippen LogP contribution in [-0.4, -0.2) is 19.5 Å². The lowest BCUT2D eigenvalue weighted by atomic mass is 9.93. The highest BCUT2D eigenvalue weighted by Gasteiger charge is 2.22. The topological polar surface area (TPSA) is 56.7 Å². The molecule has 0 bridgehead atoms. The minimum absolute atomic E-state index is 0.571. The fraction of sp³-hybridized carbons (Fsp3) is 0. The van der Waals surface area contributed by atoms with Gasteiger partial charge < -0.3 is 8.98 Å². The third-order valence-electron chi connectivity index (χ3n) is 16.4. The van der Waals surface area contributed by atoms with E-state index in [2.05, 4.69) is 247 Å². The summed E-state index contributed by atoms with van der Waals surface area (Å²) < 4.78 is 9.01. The van der Waals surface area contributed by atoms with Crippen molar-refractivity contribution in [2.24, 2.45) is 0 Å². The second kappa shape index (κ2) is 16.5. The van der Waals surface area contributed by atoms with Crippen LogP contribution < -0.4 is 0 Å². The molecule has 0 unspecified atom stereocenters. The van der Waals surface area contributed by atoms with Gasteiger partial charge in [-0.3, -0.25) is 0 Å². The fourth-order valence-corrected chi connectivity index (χ4v) is 12.8. The Morgan fingerprint density at radius 1 is 0.244 bits per heavy atom. The van der Waals surface area contributed by atoms with Gasteiger partial charge in [0.1, 0.15) is 11.2 Å². The fourth-order valence-electron chi connectivity index (χ4n) is 12.8. The van der Waals surface area contributed by atoms with Crippen molar-refractivity contribution in [3.63, 3.8) is 0 Å². The molecule has 5 nitrogen and oxygen atoms in total. The van der Waals surface area contributed by atoms with E-state index in [1.807, 2.05) is 12.1 Å². The number of nitrogens with zero attached hydrogens (tertiary/aromatic N) is 4. The van der Waals surface area contributed by atoms with E-state index in [0.29, 0.717) is 17.5 Å². The molecule has 5 heteroatoms. The minimum Gasteiger partial charge on any atom is -0.456 e. The van der Waals surface area contributed by atoms with Gasteiger partial charge in [-0.05, 0) is 153 Å². The van der Waals surface area contributed by atoms with Crippen LogP contribution in [-0.2, 0) is 0 Å². The van der Waals surface area contributed by atoms with Crippen molar-refractivity contribution in [3.8, 4) is 51.0 Å². The Balaban J connectivity index is 0.945. The highest BCUT2D eigenvalue weighted by molar-refractivity contribution is 6.27. The van der Waals surface area contributed by atoms with Crippen molar-refractivity contribution in [2.75, 3.05) is 0 Å². The largest absolute Gasteiger partial charge is 0.456 e. The molecule has 17 rings (SSSR count). The maximum absolute atomic E-state index is 6.61. The molecule has 17 aromatic rings. The lowest BCUT2D eigenvalue weighted by molar-refractivity contribution is 0.669. The molecule has 0 saturated heterocycles. The van der Waals surface area contributed by atoms with Crippen LogP contribution in [0, 0.1) is 0 Å². The first kappa shape index (κ1) is 42.8. The molecule has 0 N–H and O–H groups in total. The maximum Gasteiger partial charge on any atom is 0.164 e. The standard InChI is InChI=1S/C73H42N4O/c1-2-16-44-40-68-66(37-43(44)15-1)59-25-11-13-27-67(59)77(68)48-32-36-62(63(42-48)45-29-35-61-60-26-12-14-28-69(60)78-70(61)41-45)73-75-71(46-30-33-57-53-21-5-3-17-49(53)51-19-7-9-23-55(51)64(57)38-46)74-72(76-73)47-31-34-58-54-22-6-4-18-50(54)52-20-8-10-24-56(52)65(58)39-47/h1-42H. The van der Waals surface area contributed by atoms with Crippen molar-refractivity contribution in [1.82, 2.24) is 19.5 Å². The lowest BCUT2D eigenvalue weighted by Crippen LogP contribution is -2.02. The summed E-state index contributed by atoms with van der Waals surface area (Å²) in [6.45, 7) is 0. The van der Waals surface area contributed by atoms with Crippen molar-refractivity contribution < 1.29 is 4.42 Å². The van der Waals surface area contributed by atoms with Crippen molar-refractivity contribution in [2.45, 2.75) is 0 Å². The Kier molecular flexibility index (Phi) is 9.06. The number of hydrogen-bond donors (Lipinski definition) is 0. The first-order valence-corrected chi connectivity index (χ1v) is 26.6. The molecular formula is C73H42N4O. The molecule has 0 atom stereocenters. The summed E-state index contributed by atoms with van der Waals surface area (Å²) in [6.07, 6.45) is 0. The third kappa shape index (κ3) is 6.39. The van der Waals surface area contributed by atoms with E-state index in [9.17, 15) is 0 Å². The van der Waals surface area contributed by atoms with Crippen LogP contribution in [0.25, 0.3) is 170 Å². The van der Waals surface area contributed by atoms with Gasteiger partial charge in [0.15, 0.2) is 17.5 Å². The van der Waals surface area contributed by atoms with Crippen LogP contribution in [0.15, 0.2) is 259 Å². The molecule has 3 aromatic heterocycles. The first-order chi connectivity index (χ1) is 38.6. The zero-order valence-corrected chi connectivity index (χ0v) is 41.9. The number of para-hydroxylation sites is 2. The maximum atomic E-state index is 6.61. The molecule has 0 aliphatic heterocycles. The lowest BCUT2D eigenvalue weighted by Gasteiger charge is -2.16. The van der Waals surface area contributed by atoms with Crippen molar-refractivity contribution in [3.05, 3.63) is 255 Å². The van der Waals surface area contributed by atoms with E-state index in [-0.39, 0.29) is 0 Å². The Bertz CT molecular complexity index is 5170. The predicted octanol–water partition coefficient (Wildman–Crippen LogP) is 19.6. The SMILES string of the molecule is c1ccc2cc3c(cc2c1)c1ccccc1n3-c1ccc(-c2nc(-c3ccc4c5ccccc5c5ccccc5c4c3)nc(-c3ccc4c5ccccc5c5ccccc5c4c3)n2)c(-c2ccc3c(c2)oc2ccccc23)c1. The monoisotopic (exact) mass is 990 g/mol. The summed E-state index contributed by atoms with van der Waals surface area (Å²) in [6, 6.07) is 91.8. The van der Waals surface area contributed by atoms with Crippen LogP contribution in [0.3, 0.4) is 0 Å². The molecule has 0 saturated carbocycles. The van der Waals surface area contributed by atoms with Crippen LogP contribution in [0.2, 0.25) is 0 Å². The summed E-state index contributed by atoms with van der Waals surface area (Å²) in [7, 11) is 0. The highest BCUT2D eigenvalue weighted by Crippen LogP contribution is 2.43. The molecule has 78 heavy (non-hydrogen) atoms. The number of rotatable bonds is 5. The number of aromatic nitrogens is 4. The molecule has 360 valence electrons. The van der Waals surface area contributed by atoms with E-state index in [0.717, 1.165) is 77.2 Å². The van der Waals surface area contributed by atoms with Crippen molar-refractivity contribution in [1.29, 1.82) is 0 Å². The number of fused-ring (bicyclic) bond motifs is 19. The second-order valence-corrected chi connectivity index (χ2v) is 20.6. The minimum atomic E-state index is 0.571. The van der Waals surface area contributed by atoms with Gasteiger partial charge in [0.05, 0.1) is 11.0 Å². The average Bonchev–Trinajstić information content (AvgIpc) is 4.07. The van der Waals surface area contributed by atoms with Crippen LogP contribution in [0.1, 0.15) is 0 Å². The normalized spacial score (nSPS) is 12.1. The van der Waals surface area contributed by atoms with Crippen molar-refractivity contribution >= 4 is 119 Å². The molecule has 0 radical (unpaired) electrons. The Morgan fingerprint density at radius 2 is 0.679 bits per heavy atom. The van der Waals surface area contributed by atoms with Gasteiger partial charge >= 0.3 is 0 Å². The molecule has 0 amide bonds. The third-order valence-corrected chi connectivity index (χ3v) is 16.4. The van der Waals surface area contributed by atoms with Gasteiger partial charge in [-0.1, -0.05) is 188 Å². The number of furan rings is 1. The molecule has 0 aliphatic carbocycles. The predicted molar refractivity (Wildman–Crippen MR) is 326 cm³/mol. The van der Waals surface area contributed by atoms with Gasteiger partial charge in [-0.25, -0.2) is 15.0 Å². The summed E-state index contributed by atoms with van der Waals surface area (Å²) in [4.78, 5) is 16.6. The van der Waals surface area contributed by atoms with Gasteiger partial charge in [-0.15, -0.1) is 0 Å². The van der Waals surface area contributed by atoms with Crippen LogP contribution >= 0.6 is 0 Å². The number of hydrogen-bond acceptors (Lipinski definition) is 4. The average molecular weight is 991 g/mol. The smallest absolute Gasteiger partial charge is 0.164 e. The van der Waals surface area contributed by atoms with E-state index in [1.54, 1.807) is 0 Å². The van der Waals surface area contributed by atoms with Gasteiger partial charge in [0.2, 0.25) is 0 Å². The van der Waals surface area contributed by atoms with Gasteiger partial charge in [-0.2, -0.15) is 0 Å². The van der Waals surface area contributed by atoms with Crippen LogP contribution in [0.5, 0.6) is 0 Å². The molecule has 0 fully saturated rings. The Labute approximate surface area is 446 Å². The second-order valence-electron chi connectivity index (χ2n) is 20.6. The summed E-state index contributed by atoms with van der Waals surface area (Å²) in [5, 5.41) is 21.4. The number of benzene rings is 14. The summed E-state index contributed by atoms with van der Waals surface area (Å²) in [5.41, 5.74) is 9.61. The van der Waals surface area contributed by atoms with Crippen LogP contribution in [0.4, 0.5) is 0 Å². The van der Waals surface area contributed by atoms with E-state index < -0.39 is 0 Å². The van der Waals surface area contributed by atoms with E-state index in [1.165, 1.54) is 75.4 Å². The van der Waals surface area contributed by atoms with Gasteiger partial charge in [0, 0.05) is 43.9 Å². The highest BCUT2D eigenvalue weighted by atomic mass is 16.3. The molecule has 0 aliphatic rings. The quantitative estimate of drug-likeness (QED) is 0.161. The van der Waals surface area contributed by atoms with Gasteiger partial charge in [0.25, 0.3) is 0 Å². The zero-order valence-electron chi connectivity index (χ0n) is 41.9. The summed E-state index contributed by atoms with van der Waals surface area (Å²) in [5.74, 6) is 1.76. The van der Waals surface area contributed by atoms with E-state index >= 15 is 0 Å². The van der Waals surface area contributed by atoms with E-state index in [4.69, 9.17) is 19.4 Å². The molecule has 14 aromatic carbocycles. The molecule has 0 spiro atoms. The molecular weight excluding hydrogens is 949 g/mol.